The molecule has 1 amide bonds. The number of morpholine rings is 1. The average molecular weight is 335 g/mol. The average Bonchev–Trinajstić information content (AvgIpc) is 2.93. The van der Waals surface area contributed by atoms with Gasteiger partial charge in [0.2, 0.25) is 0 Å². The van der Waals surface area contributed by atoms with Crippen molar-refractivity contribution in [3.63, 3.8) is 0 Å². The molecule has 6 nitrogen and oxygen atoms in total. The van der Waals surface area contributed by atoms with Crippen LogP contribution in [0.15, 0.2) is 12.1 Å². The zero-order valence-electron chi connectivity index (χ0n) is 14.5. The van der Waals surface area contributed by atoms with E-state index >= 15 is 0 Å². The van der Waals surface area contributed by atoms with E-state index in [9.17, 15) is 4.79 Å². The van der Waals surface area contributed by atoms with E-state index in [2.05, 4.69) is 18.3 Å². The maximum absolute atomic E-state index is 12.2. The predicted octanol–water partition coefficient (Wildman–Crippen LogP) is -0.0600. The van der Waals surface area contributed by atoms with Crippen molar-refractivity contribution in [2.75, 3.05) is 39.5 Å². The molecule has 24 heavy (non-hydrogen) atoms. The largest absolute Gasteiger partial charge is 0.494 e. The highest BCUT2D eigenvalue weighted by Gasteiger charge is 2.22. The van der Waals surface area contributed by atoms with Gasteiger partial charge in [-0.05, 0) is 26.0 Å². The molecule has 6 heteroatoms. The van der Waals surface area contributed by atoms with Crippen LogP contribution < -0.4 is 19.7 Å². The standard InChI is InChI=1S/C18H26N2O4/c1-3-23-16-9-14-8-13(2)24-17(14)10-15(16)11-19-18(21)12-20-4-6-22-7-5-20/h9-10,13H,3-8,11-12H2,1-2H3,(H,19,21)/p+1/t13-/m0/s1. The van der Waals surface area contributed by atoms with Gasteiger partial charge in [-0.15, -0.1) is 0 Å². The van der Waals surface area contributed by atoms with Crippen LogP contribution >= 0.6 is 0 Å². The van der Waals surface area contributed by atoms with Crippen molar-refractivity contribution >= 4 is 5.91 Å². The van der Waals surface area contributed by atoms with Crippen molar-refractivity contribution in [3.8, 4) is 11.5 Å². The molecule has 0 saturated carbocycles. The molecule has 0 radical (unpaired) electrons. The lowest BCUT2D eigenvalue weighted by Gasteiger charge is -2.23. The molecule has 0 spiro atoms. The summed E-state index contributed by atoms with van der Waals surface area (Å²) in [6, 6.07) is 4.06. The second-order valence-electron chi connectivity index (χ2n) is 6.45. The van der Waals surface area contributed by atoms with E-state index in [4.69, 9.17) is 14.2 Å². The fourth-order valence-electron chi connectivity index (χ4n) is 3.23. The van der Waals surface area contributed by atoms with Crippen LogP contribution in [-0.4, -0.2) is 51.5 Å². The van der Waals surface area contributed by atoms with E-state index in [0.29, 0.717) is 19.7 Å². The summed E-state index contributed by atoms with van der Waals surface area (Å²) in [5, 5.41) is 3.01. The Morgan fingerprint density at radius 3 is 2.92 bits per heavy atom. The molecule has 0 aromatic heterocycles. The van der Waals surface area contributed by atoms with Crippen molar-refractivity contribution in [3.05, 3.63) is 23.3 Å². The van der Waals surface area contributed by atoms with Gasteiger partial charge in [0.25, 0.3) is 5.91 Å². The second kappa shape index (κ2) is 7.85. The van der Waals surface area contributed by atoms with Crippen LogP contribution in [0.5, 0.6) is 11.5 Å². The molecule has 2 heterocycles. The Balaban J connectivity index is 1.61. The van der Waals surface area contributed by atoms with Crippen molar-refractivity contribution in [2.45, 2.75) is 32.9 Å². The number of rotatable bonds is 6. The van der Waals surface area contributed by atoms with Gasteiger partial charge >= 0.3 is 0 Å². The lowest BCUT2D eigenvalue weighted by molar-refractivity contribution is -0.900. The van der Waals surface area contributed by atoms with E-state index in [1.165, 1.54) is 10.5 Å². The Labute approximate surface area is 143 Å². The van der Waals surface area contributed by atoms with Gasteiger partial charge in [-0.3, -0.25) is 4.79 Å². The van der Waals surface area contributed by atoms with E-state index in [1.54, 1.807) is 0 Å². The number of benzene rings is 1. The van der Waals surface area contributed by atoms with Gasteiger partial charge in [-0.2, -0.15) is 0 Å². The smallest absolute Gasteiger partial charge is 0.275 e. The van der Waals surface area contributed by atoms with Gasteiger partial charge < -0.3 is 24.4 Å². The highest BCUT2D eigenvalue weighted by atomic mass is 16.5. The third kappa shape index (κ3) is 4.19. The minimum atomic E-state index is 0.0594. The van der Waals surface area contributed by atoms with Crippen molar-refractivity contribution in [1.82, 2.24) is 5.32 Å². The van der Waals surface area contributed by atoms with Gasteiger partial charge in [-0.1, -0.05) is 0 Å². The van der Waals surface area contributed by atoms with Crippen LogP contribution in [0.2, 0.25) is 0 Å². The molecule has 3 rings (SSSR count). The first-order valence-electron chi connectivity index (χ1n) is 8.79. The molecule has 2 N–H and O–H groups in total. The molecule has 132 valence electrons. The Morgan fingerprint density at radius 2 is 2.17 bits per heavy atom. The van der Waals surface area contributed by atoms with E-state index in [0.717, 1.165) is 49.8 Å². The van der Waals surface area contributed by atoms with E-state index in [-0.39, 0.29) is 12.0 Å². The third-order valence-corrected chi connectivity index (χ3v) is 4.47. The normalized spacial score (nSPS) is 20.3. The third-order valence-electron chi connectivity index (χ3n) is 4.47. The Kier molecular flexibility index (Phi) is 5.58. The summed E-state index contributed by atoms with van der Waals surface area (Å²) in [5.41, 5.74) is 2.15. The molecule has 1 aromatic carbocycles. The first kappa shape index (κ1) is 17.0. The molecular formula is C18H27N2O4+. The SMILES string of the molecule is CCOc1cc2c(cc1CNC(=O)C[NH+]1CCOCC1)O[C@@H](C)C2. The van der Waals surface area contributed by atoms with E-state index < -0.39 is 0 Å². The first-order valence-corrected chi connectivity index (χ1v) is 8.79. The number of carbonyl (C=O) groups excluding carboxylic acids is 1. The van der Waals surface area contributed by atoms with Crippen LogP contribution in [-0.2, 0) is 22.5 Å². The molecule has 0 aliphatic carbocycles. The van der Waals surface area contributed by atoms with Crippen LogP contribution in [0.25, 0.3) is 0 Å². The second-order valence-corrected chi connectivity index (χ2v) is 6.45. The van der Waals surface area contributed by atoms with Gasteiger partial charge in [0.1, 0.15) is 30.7 Å². The zero-order chi connectivity index (χ0) is 16.9. The minimum absolute atomic E-state index is 0.0594. The van der Waals surface area contributed by atoms with Crippen molar-refractivity contribution in [2.24, 2.45) is 0 Å². The number of carbonyl (C=O) groups is 1. The summed E-state index contributed by atoms with van der Waals surface area (Å²) in [6.07, 6.45) is 1.10. The van der Waals surface area contributed by atoms with Crippen LogP contribution in [0.4, 0.5) is 0 Å². The molecule has 1 saturated heterocycles. The van der Waals surface area contributed by atoms with E-state index in [1.807, 2.05) is 13.0 Å². The zero-order valence-corrected chi connectivity index (χ0v) is 14.5. The number of ether oxygens (including phenoxy) is 3. The lowest BCUT2D eigenvalue weighted by Crippen LogP contribution is -3.15. The maximum atomic E-state index is 12.2. The van der Waals surface area contributed by atoms with Gasteiger partial charge in [0.15, 0.2) is 6.54 Å². The number of quaternary nitrogens is 1. The fourth-order valence-corrected chi connectivity index (χ4v) is 3.23. The van der Waals surface area contributed by atoms with Gasteiger partial charge in [-0.25, -0.2) is 0 Å². The minimum Gasteiger partial charge on any atom is -0.494 e. The quantitative estimate of drug-likeness (QED) is 0.765. The number of nitrogens with one attached hydrogen (secondary N) is 2. The number of hydrogen-bond donors (Lipinski definition) is 2. The summed E-state index contributed by atoms with van der Waals surface area (Å²) in [7, 11) is 0. The number of amides is 1. The molecule has 1 aromatic rings. The van der Waals surface area contributed by atoms with Crippen LogP contribution in [0.3, 0.4) is 0 Å². The Bertz CT molecular complexity index is 585. The van der Waals surface area contributed by atoms with Gasteiger partial charge in [0, 0.05) is 24.1 Å². The fraction of sp³-hybridized carbons (Fsp3) is 0.611. The van der Waals surface area contributed by atoms with Crippen LogP contribution in [0.1, 0.15) is 25.0 Å². The number of hydrogen-bond acceptors (Lipinski definition) is 4. The molecule has 2 aliphatic heterocycles. The first-order chi connectivity index (χ1) is 11.7. The predicted molar refractivity (Wildman–Crippen MR) is 89.6 cm³/mol. The molecule has 1 atom stereocenters. The summed E-state index contributed by atoms with van der Waals surface area (Å²) in [6.45, 7) is 8.84. The topological polar surface area (TPSA) is 61.2 Å². The van der Waals surface area contributed by atoms with Crippen molar-refractivity contribution in [1.29, 1.82) is 0 Å². The van der Waals surface area contributed by atoms with Crippen molar-refractivity contribution < 1.29 is 23.9 Å². The lowest BCUT2D eigenvalue weighted by atomic mass is 10.1. The van der Waals surface area contributed by atoms with Gasteiger partial charge in [0.05, 0.1) is 19.8 Å². The Morgan fingerprint density at radius 1 is 1.38 bits per heavy atom. The summed E-state index contributed by atoms with van der Waals surface area (Å²) in [5.74, 6) is 1.81. The molecule has 1 fully saturated rings. The maximum Gasteiger partial charge on any atom is 0.275 e. The molecule has 0 bridgehead atoms. The molecule has 0 unspecified atom stereocenters. The highest BCUT2D eigenvalue weighted by molar-refractivity contribution is 5.77. The summed E-state index contributed by atoms with van der Waals surface area (Å²) < 4.78 is 16.9. The number of fused-ring (bicyclic) bond motifs is 1. The molecule has 2 aliphatic rings. The highest BCUT2D eigenvalue weighted by Crippen LogP contribution is 2.35. The summed E-state index contributed by atoms with van der Waals surface area (Å²) in [4.78, 5) is 13.5. The van der Waals surface area contributed by atoms with Crippen LogP contribution in [0, 0.1) is 0 Å². The molecular weight excluding hydrogens is 308 g/mol. The summed E-state index contributed by atoms with van der Waals surface area (Å²) >= 11 is 0. The monoisotopic (exact) mass is 335 g/mol. The Hall–Kier alpha value is -1.79.